The summed E-state index contributed by atoms with van der Waals surface area (Å²) in [5, 5.41) is 7.97. The van der Waals surface area contributed by atoms with Crippen LogP contribution in [0.5, 0.6) is 0 Å². The van der Waals surface area contributed by atoms with E-state index in [1.165, 1.54) is 0 Å². The number of piperidine rings is 1. The number of nitrogens with zero attached hydrogens (tertiary/aromatic N) is 5. The summed E-state index contributed by atoms with van der Waals surface area (Å²) in [6.07, 6.45) is 5.13. The molecule has 0 bridgehead atoms. The van der Waals surface area contributed by atoms with Crippen molar-refractivity contribution in [3.63, 3.8) is 0 Å². The number of aromatic nitrogens is 4. The fraction of sp³-hybridized carbons (Fsp3) is 0.421. The van der Waals surface area contributed by atoms with Crippen LogP contribution in [0.4, 0.5) is 17.5 Å². The van der Waals surface area contributed by atoms with Crippen molar-refractivity contribution >= 4 is 23.1 Å². The molecule has 1 aliphatic heterocycles. The van der Waals surface area contributed by atoms with Crippen LogP contribution in [0.3, 0.4) is 0 Å². The Morgan fingerprint density at radius 2 is 2.08 bits per heavy atom. The van der Waals surface area contributed by atoms with Gasteiger partial charge in [-0.3, -0.25) is 4.98 Å². The summed E-state index contributed by atoms with van der Waals surface area (Å²) in [7, 11) is 1.79. The third-order valence-corrected chi connectivity index (χ3v) is 4.87. The smallest absolute Gasteiger partial charge is 0.247 e. The molecule has 136 valence electrons. The van der Waals surface area contributed by atoms with E-state index in [1.54, 1.807) is 7.11 Å². The Kier molecular flexibility index (Phi) is 4.71. The van der Waals surface area contributed by atoms with Gasteiger partial charge in [-0.25, -0.2) is 0 Å². The molecule has 0 radical (unpaired) electrons. The van der Waals surface area contributed by atoms with Gasteiger partial charge in [0.05, 0.1) is 6.10 Å². The van der Waals surface area contributed by atoms with Crippen molar-refractivity contribution < 1.29 is 4.74 Å². The van der Waals surface area contributed by atoms with Crippen molar-refractivity contribution in [2.24, 2.45) is 0 Å². The highest BCUT2D eigenvalue weighted by molar-refractivity contribution is 5.58. The summed E-state index contributed by atoms with van der Waals surface area (Å²) in [5.74, 6) is 1.67. The molecule has 26 heavy (non-hydrogen) atoms. The van der Waals surface area contributed by atoms with Crippen molar-refractivity contribution in [3.8, 4) is 0 Å². The number of methoxy groups -OCH3 is 1. The third-order valence-electron chi connectivity index (χ3n) is 4.87. The highest BCUT2D eigenvalue weighted by Gasteiger charge is 2.21. The molecule has 7 heteroatoms. The standard InChI is InChI=1S/C19H24N6O/c1-3-14-13-15(7-10-20-14)21-19-22-17-5-4-6-18(25(17)23-19)24-11-8-16(26-2)9-12-24/h4-7,10,13,16H,3,8-9,11-12H2,1-2H3,(H,20,21,23). The first-order valence-electron chi connectivity index (χ1n) is 9.12. The predicted octanol–water partition coefficient (Wildman–Crippen LogP) is 3.05. The topological polar surface area (TPSA) is 67.6 Å². The number of nitrogens with one attached hydrogen (secondary N) is 1. The Bertz CT molecular complexity index is 885. The molecule has 3 aromatic rings. The van der Waals surface area contributed by atoms with Crippen molar-refractivity contribution in [3.05, 3.63) is 42.2 Å². The van der Waals surface area contributed by atoms with Gasteiger partial charge in [0, 0.05) is 37.8 Å². The maximum absolute atomic E-state index is 5.48. The lowest BCUT2D eigenvalue weighted by Crippen LogP contribution is -2.37. The van der Waals surface area contributed by atoms with Crippen LogP contribution in [0.1, 0.15) is 25.5 Å². The average molecular weight is 352 g/mol. The Balaban J connectivity index is 1.59. The molecule has 4 heterocycles. The van der Waals surface area contributed by atoms with E-state index >= 15 is 0 Å². The van der Waals surface area contributed by atoms with Crippen molar-refractivity contribution in [2.75, 3.05) is 30.4 Å². The number of hydrogen-bond acceptors (Lipinski definition) is 6. The molecule has 0 spiro atoms. The monoisotopic (exact) mass is 352 g/mol. The molecule has 3 aromatic heterocycles. The molecule has 0 saturated carbocycles. The zero-order valence-electron chi connectivity index (χ0n) is 15.2. The number of pyridine rings is 2. The van der Waals surface area contributed by atoms with Gasteiger partial charge in [-0.1, -0.05) is 13.0 Å². The van der Waals surface area contributed by atoms with Gasteiger partial charge in [0.2, 0.25) is 5.95 Å². The van der Waals surface area contributed by atoms with Crippen LogP contribution in [-0.4, -0.2) is 45.9 Å². The van der Waals surface area contributed by atoms with E-state index in [-0.39, 0.29) is 0 Å². The number of hydrogen-bond donors (Lipinski definition) is 1. The van der Waals surface area contributed by atoms with Crippen LogP contribution in [0, 0.1) is 0 Å². The van der Waals surface area contributed by atoms with Gasteiger partial charge < -0.3 is 15.0 Å². The highest BCUT2D eigenvalue weighted by Crippen LogP contribution is 2.23. The van der Waals surface area contributed by atoms with Gasteiger partial charge in [0.1, 0.15) is 5.82 Å². The second-order valence-electron chi connectivity index (χ2n) is 6.53. The largest absolute Gasteiger partial charge is 0.381 e. The van der Waals surface area contributed by atoms with Crippen LogP contribution >= 0.6 is 0 Å². The Labute approximate surface area is 153 Å². The summed E-state index contributed by atoms with van der Waals surface area (Å²) in [6, 6.07) is 10.1. The summed E-state index contributed by atoms with van der Waals surface area (Å²) in [4.78, 5) is 11.3. The molecule has 0 unspecified atom stereocenters. The normalized spacial score (nSPS) is 15.5. The van der Waals surface area contributed by atoms with E-state index < -0.39 is 0 Å². The lowest BCUT2D eigenvalue weighted by atomic mass is 10.1. The van der Waals surface area contributed by atoms with E-state index in [0.29, 0.717) is 12.1 Å². The van der Waals surface area contributed by atoms with Crippen LogP contribution in [0.2, 0.25) is 0 Å². The Morgan fingerprint density at radius 3 is 2.85 bits per heavy atom. The molecular formula is C19H24N6O. The fourth-order valence-corrected chi connectivity index (χ4v) is 3.38. The first kappa shape index (κ1) is 16.8. The number of aryl methyl sites for hydroxylation is 1. The SMILES string of the molecule is CCc1cc(Nc2nc3cccc(N4CCC(OC)CC4)n3n2)ccn1. The highest BCUT2D eigenvalue weighted by atomic mass is 16.5. The van der Waals surface area contributed by atoms with Crippen LogP contribution in [-0.2, 0) is 11.2 Å². The molecule has 0 aliphatic carbocycles. The van der Waals surface area contributed by atoms with E-state index in [9.17, 15) is 0 Å². The van der Waals surface area contributed by atoms with Gasteiger partial charge in [-0.15, -0.1) is 5.10 Å². The summed E-state index contributed by atoms with van der Waals surface area (Å²) in [5.41, 5.74) is 2.83. The maximum atomic E-state index is 5.48. The molecule has 7 nitrogen and oxygen atoms in total. The van der Waals surface area contributed by atoms with Gasteiger partial charge in [0.15, 0.2) is 5.65 Å². The van der Waals surface area contributed by atoms with Crippen molar-refractivity contribution in [1.82, 2.24) is 19.6 Å². The minimum Gasteiger partial charge on any atom is -0.381 e. The first-order chi connectivity index (χ1) is 12.8. The van der Waals surface area contributed by atoms with E-state index in [1.807, 2.05) is 35.0 Å². The molecule has 1 N–H and O–H groups in total. The van der Waals surface area contributed by atoms with E-state index in [0.717, 1.165) is 55.2 Å². The maximum Gasteiger partial charge on any atom is 0.247 e. The molecule has 0 aromatic carbocycles. The fourth-order valence-electron chi connectivity index (χ4n) is 3.38. The predicted molar refractivity (Wildman–Crippen MR) is 102 cm³/mol. The molecule has 1 aliphatic rings. The molecule has 0 atom stereocenters. The van der Waals surface area contributed by atoms with Gasteiger partial charge in [-0.2, -0.15) is 9.50 Å². The van der Waals surface area contributed by atoms with Crippen LogP contribution < -0.4 is 10.2 Å². The second-order valence-corrected chi connectivity index (χ2v) is 6.53. The number of rotatable bonds is 5. The first-order valence-corrected chi connectivity index (χ1v) is 9.12. The van der Waals surface area contributed by atoms with Gasteiger partial charge in [-0.05, 0) is 43.5 Å². The van der Waals surface area contributed by atoms with Crippen molar-refractivity contribution in [2.45, 2.75) is 32.3 Å². The molecule has 4 rings (SSSR count). The third kappa shape index (κ3) is 3.35. The van der Waals surface area contributed by atoms with E-state index in [4.69, 9.17) is 4.74 Å². The van der Waals surface area contributed by atoms with Gasteiger partial charge in [0.25, 0.3) is 0 Å². The Hall–Kier alpha value is -2.67. The van der Waals surface area contributed by atoms with Crippen molar-refractivity contribution in [1.29, 1.82) is 0 Å². The summed E-state index contributed by atoms with van der Waals surface area (Å²) >= 11 is 0. The molecule has 1 fully saturated rings. The molecule has 0 amide bonds. The zero-order valence-corrected chi connectivity index (χ0v) is 15.2. The zero-order chi connectivity index (χ0) is 17.9. The second kappa shape index (κ2) is 7.29. The Morgan fingerprint density at radius 1 is 1.23 bits per heavy atom. The molecule has 1 saturated heterocycles. The number of ether oxygens (including phenoxy) is 1. The molecular weight excluding hydrogens is 328 g/mol. The number of anilines is 3. The summed E-state index contributed by atoms with van der Waals surface area (Å²) in [6.45, 7) is 4.02. The quantitative estimate of drug-likeness (QED) is 0.761. The van der Waals surface area contributed by atoms with Gasteiger partial charge >= 0.3 is 0 Å². The lowest BCUT2D eigenvalue weighted by Gasteiger charge is -2.32. The minimum absolute atomic E-state index is 0.359. The minimum atomic E-state index is 0.359. The van der Waals surface area contributed by atoms with Crippen LogP contribution in [0.15, 0.2) is 36.5 Å². The van der Waals surface area contributed by atoms with Crippen LogP contribution in [0.25, 0.3) is 5.65 Å². The number of fused-ring (bicyclic) bond motifs is 1. The lowest BCUT2D eigenvalue weighted by molar-refractivity contribution is 0.0817. The van der Waals surface area contributed by atoms with E-state index in [2.05, 4.69) is 38.3 Å². The average Bonchev–Trinajstić information content (AvgIpc) is 3.10. The summed E-state index contributed by atoms with van der Waals surface area (Å²) < 4.78 is 7.39.